The molecule has 8 heteroatoms. The van der Waals surface area contributed by atoms with Crippen molar-refractivity contribution in [3.8, 4) is 6.07 Å². The van der Waals surface area contributed by atoms with Gasteiger partial charge < -0.3 is 9.47 Å². The summed E-state index contributed by atoms with van der Waals surface area (Å²) < 4.78 is 2.15. The van der Waals surface area contributed by atoms with E-state index in [-0.39, 0.29) is 17.0 Å². The number of thiophene rings is 1. The molecule has 5 nitrogen and oxygen atoms in total. The minimum atomic E-state index is 0. The molecule has 2 aliphatic heterocycles. The molecule has 26 heavy (non-hydrogen) atoms. The summed E-state index contributed by atoms with van der Waals surface area (Å²) in [5.41, 5.74) is 1.80. The Bertz CT molecular complexity index is 876. The van der Waals surface area contributed by atoms with Crippen LogP contribution in [-0.2, 0) is 13.0 Å². The van der Waals surface area contributed by atoms with Crippen LogP contribution in [0.4, 0.5) is 0 Å². The number of halogens is 1. The van der Waals surface area contributed by atoms with Crippen molar-refractivity contribution in [1.82, 2.24) is 19.7 Å². The largest absolute Gasteiger partial charge is 0.333 e. The van der Waals surface area contributed by atoms with Gasteiger partial charge in [-0.1, -0.05) is 24.2 Å². The second kappa shape index (κ2) is 8.42. The van der Waals surface area contributed by atoms with Crippen LogP contribution in [0.15, 0.2) is 27.9 Å². The molecule has 136 valence electrons. The summed E-state index contributed by atoms with van der Waals surface area (Å²) >= 11 is 3.34. The van der Waals surface area contributed by atoms with Crippen molar-refractivity contribution in [3.63, 3.8) is 0 Å². The van der Waals surface area contributed by atoms with Crippen molar-refractivity contribution >= 4 is 51.4 Å². The number of hydrogen-bond acceptors (Lipinski definition) is 6. The third-order valence-corrected chi connectivity index (χ3v) is 6.45. The number of aromatic nitrogens is 3. The zero-order chi connectivity index (χ0) is 17.2. The fourth-order valence-corrected chi connectivity index (χ4v) is 5.25. The first kappa shape index (κ1) is 19.2. The summed E-state index contributed by atoms with van der Waals surface area (Å²) in [5, 5.41) is 23.8. The Morgan fingerprint density at radius 1 is 1.31 bits per heavy atom. The van der Waals surface area contributed by atoms with Gasteiger partial charge in [-0.15, -0.1) is 38.5 Å². The van der Waals surface area contributed by atoms with Gasteiger partial charge in [-0.2, -0.15) is 5.26 Å². The smallest absolute Gasteiger partial charge is 0.177 e. The van der Waals surface area contributed by atoms with E-state index in [9.17, 15) is 5.26 Å². The van der Waals surface area contributed by atoms with Gasteiger partial charge in [0.15, 0.2) is 5.82 Å². The topological polar surface area (TPSA) is 57.7 Å². The van der Waals surface area contributed by atoms with Crippen LogP contribution in [0.25, 0.3) is 11.3 Å². The summed E-state index contributed by atoms with van der Waals surface area (Å²) in [7, 11) is 0. The van der Waals surface area contributed by atoms with Crippen LogP contribution in [0.3, 0.4) is 0 Å². The summed E-state index contributed by atoms with van der Waals surface area (Å²) in [5.74, 6) is 1.74. The van der Waals surface area contributed by atoms with Gasteiger partial charge in [-0.3, -0.25) is 0 Å². The fraction of sp³-hybridized carbons (Fsp3) is 0.389. The Morgan fingerprint density at radius 2 is 2.19 bits per heavy atom. The van der Waals surface area contributed by atoms with Crippen molar-refractivity contribution in [3.05, 3.63) is 44.5 Å². The minimum Gasteiger partial charge on any atom is -0.333 e. The molecule has 0 N–H and O–H groups in total. The normalized spacial score (nSPS) is 18.5. The van der Waals surface area contributed by atoms with E-state index in [2.05, 4.69) is 55.6 Å². The van der Waals surface area contributed by atoms with Gasteiger partial charge in [0.1, 0.15) is 22.5 Å². The Labute approximate surface area is 172 Å². The fourth-order valence-electron chi connectivity index (χ4n) is 3.33. The van der Waals surface area contributed by atoms with Gasteiger partial charge in [-0.05, 0) is 31.2 Å². The molecule has 2 aromatic rings. The summed E-state index contributed by atoms with van der Waals surface area (Å²) in [4.78, 5) is 3.44. The number of nitriles is 1. The number of aryl methyl sites for hydroxylation is 1. The lowest BCUT2D eigenvalue weighted by atomic mass is 10.2. The number of hydrogen-bond donors (Lipinski definition) is 0. The maximum Gasteiger partial charge on any atom is 0.177 e. The lowest BCUT2D eigenvalue weighted by Gasteiger charge is -2.22. The third-order valence-electron chi connectivity index (χ3n) is 4.57. The molecule has 0 radical (unpaired) electrons. The van der Waals surface area contributed by atoms with E-state index < -0.39 is 0 Å². The van der Waals surface area contributed by atoms with E-state index in [1.165, 1.54) is 17.0 Å². The maximum absolute atomic E-state index is 9.91. The summed E-state index contributed by atoms with van der Waals surface area (Å²) in [6, 6.07) is 6.59. The molecule has 0 spiro atoms. The van der Waals surface area contributed by atoms with Crippen LogP contribution < -0.4 is 0 Å². The molecular weight excluding hydrogens is 430 g/mol. The molecule has 0 aromatic carbocycles. The van der Waals surface area contributed by atoms with Crippen LogP contribution in [-0.4, -0.2) is 26.2 Å². The highest BCUT2D eigenvalue weighted by molar-refractivity contribution is 8.93. The predicted octanol–water partition coefficient (Wildman–Crippen LogP) is 4.90. The molecule has 0 saturated carbocycles. The highest BCUT2D eigenvalue weighted by Gasteiger charge is 2.28. The van der Waals surface area contributed by atoms with Gasteiger partial charge in [0.25, 0.3) is 0 Å². The van der Waals surface area contributed by atoms with E-state index in [4.69, 9.17) is 0 Å². The second-order valence-corrected chi connectivity index (χ2v) is 7.84. The van der Waals surface area contributed by atoms with Gasteiger partial charge in [0.2, 0.25) is 0 Å². The SMILES string of the molecule is Br.CCN1C(c2cccs2)=CSC1=C(C#N)c1nnc2n1CCCCC2. The van der Waals surface area contributed by atoms with Crippen LogP contribution in [0.5, 0.6) is 0 Å². The quantitative estimate of drug-likeness (QED) is 0.623. The number of nitrogens with zero attached hydrogens (tertiary/aromatic N) is 5. The molecule has 0 bridgehead atoms. The van der Waals surface area contributed by atoms with E-state index in [1.807, 2.05) is 0 Å². The predicted molar refractivity (Wildman–Crippen MR) is 113 cm³/mol. The van der Waals surface area contributed by atoms with Crippen molar-refractivity contribution in [2.45, 2.75) is 39.2 Å². The Balaban J connectivity index is 0.00000196. The van der Waals surface area contributed by atoms with E-state index in [1.54, 1.807) is 23.1 Å². The van der Waals surface area contributed by atoms with Gasteiger partial charge in [0.05, 0.1) is 10.6 Å². The summed E-state index contributed by atoms with van der Waals surface area (Å²) in [6.07, 6.45) is 4.43. The molecule has 2 aliphatic rings. The third kappa shape index (κ3) is 3.36. The van der Waals surface area contributed by atoms with Crippen LogP contribution >= 0.6 is 40.1 Å². The first-order valence-corrected chi connectivity index (χ1v) is 10.3. The van der Waals surface area contributed by atoms with E-state index in [0.717, 1.165) is 49.0 Å². The first-order valence-electron chi connectivity index (χ1n) is 8.58. The maximum atomic E-state index is 9.91. The lowest BCUT2D eigenvalue weighted by molar-refractivity contribution is 0.558. The van der Waals surface area contributed by atoms with Crippen molar-refractivity contribution in [1.29, 1.82) is 5.26 Å². The van der Waals surface area contributed by atoms with E-state index in [0.29, 0.717) is 5.57 Å². The van der Waals surface area contributed by atoms with Gasteiger partial charge in [0, 0.05) is 24.9 Å². The average molecular weight is 450 g/mol. The van der Waals surface area contributed by atoms with Crippen LogP contribution in [0, 0.1) is 11.3 Å². The highest BCUT2D eigenvalue weighted by Crippen LogP contribution is 2.43. The molecule has 2 aromatic heterocycles. The Kier molecular flexibility index (Phi) is 6.22. The van der Waals surface area contributed by atoms with Crippen LogP contribution in [0.1, 0.15) is 42.7 Å². The van der Waals surface area contributed by atoms with Crippen LogP contribution in [0.2, 0.25) is 0 Å². The molecule has 0 atom stereocenters. The number of thioether (sulfide) groups is 1. The average Bonchev–Trinajstić information content (AvgIpc) is 3.34. The summed E-state index contributed by atoms with van der Waals surface area (Å²) in [6.45, 7) is 3.84. The van der Waals surface area contributed by atoms with E-state index >= 15 is 0 Å². The lowest BCUT2D eigenvalue weighted by Crippen LogP contribution is -2.17. The molecule has 0 aliphatic carbocycles. The first-order chi connectivity index (χ1) is 12.3. The Hall–Kier alpha value is -1.56. The Morgan fingerprint density at radius 3 is 2.92 bits per heavy atom. The molecule has 0 fully saturated rings. The van der Waals surface area contributed by atoms with Crippen molar-refractivity contribution in [2.75, 3.05) is 6.54 Å². The molecule has 0 saturated heterocycles. The molecule has 4 rings (SSSR count). The van der Waals surface area contributed by atoms with Gasteiger partial charge >= 0.3 is 0 Å². The standard InChI is InChI=1S/C18H19N5S2.BrH/c1-2-22-14(15-7-6-10-24-15)12-25-18(22)13(11-19)17-21-20-16-8-4-3-5-9-23(16)17;/h6-7,10,12H,2-5,8-9H2,1H3;1H. The molecular formula is C18H20BrN5S2. The number of rotatable bonds is 3. The minimum absolute atomic E-state index is 0. The van der Waals surface area contributed by atoms with Gasteiger partial charge in [-0.25, -0.2) is 0 Å². The number of fused-ring (bicyclic) bond motifs is 1. The monoisotopic (exact) mass is 449 g/mol. The number of allylic oxidation sites excluding steroid dienone is 1. The second-order valence-electron chi connectivity index (χ2n) is 6.04. The zero-order valence-corrected chi connectivity index (χ0v) is 17.9. The molecule has 0 unspecified atom stereocenters. The van der Waals surface area contributed by atoms with Crippen molar-refractivity contribution < 1.29 is 0 Å². The zero-order valence-electron chi connectivity index (χ0n) is 14.5. The highest BCUT2D eigenvalue weighted by atomic mass is 79.9. The van der Waals surface area contributed by atoms with Crippen molar-refractivity contribution in [2.24, 2.45) is 0 Å². The molecule has 0 amide bonds. The molecule has 4 heterocycles.